The number of hydrogen-bond acceptors (Lipinski definition) is 5. The molecule has 0 saturated carbocycles. The summed E-state index contributed by atoms with van der Waals surface area (Å²) in [5, 5.41) is 24.6. The lowest BCUT2D eigenvalue weighted by Gasteiger charge is -2.05. The van der Waals surface area contributed by atoms with Crippen LogP contribution < -0.4 is 10.6 Å². The van der Waals surface area contributed by atoms with E-state index in [-0.39, 0.29) is 10.6 Å². The number of non-ortho nitro benzene ring substituents is 1. The van der Waals surface area contributed by atoms with E-state index in [0.29, 0.717) is 10.7 Å². The summed E-state index contributed by atoms with van der Waals surface area (Å²) in [6, 6.07) is 7.62. The number of amides is 2. The van der Waals surface area contributed by atoms with E-state index in [2.05, 4.69) is 10.6 Å². The maximum atomic E-state index is 11.7. The number of carboxylic acid groups (broad SMARTS) is 1. The van der Waals surface area contributed by atoms with Gasteiger partial charge in [-0.1, -0.05) is 0 Å². The van der Waals surface area contributed by atoms with Crippen LogP contribution in [-0.2, 0) is 0 Å². The van der Waals surface area contributed by atoms with E-state index >= 15 is 0 Å². The number of carboxylic acids is 1. The standard InChI is InChI=1S/C12H9N3O5S/c16-11(17)9-5-6-10(21-9)14-12(18)13-7-1-3-8(4-2-7)15(19)20/h1-6H,(H,16,17)(H2,13,14,18). The Hall–Kier alpha value is -2.94. The minimum Gasteiger partial charge on any atom is -0.477 e. The SMILES string of the molecule is O=C(Nc1ccc([N+](=O)[O-])cc1)Nc1ccc(C(=O)O)s1. The summed E-state index contributed by atoms with van der Waals surface area (Å²) in [5.74, 6) is -1.07. The summed E-state index contributed by atoms with van der Waals surface area (Å²) in [7, 11) is 0. The second-order valence-corrected chi connectivity index (χ2v) is 4.94. The molecule has 2 rings (SSSR count). The van der Waals surface area contributed by atoms with Gasteiger partial charge in [0, 0.05) is 17.8 Å². The van der Waals surface area contributed by atoms with Crippen molar-refractivity contribution in [3.63, 3.8) is 0 Å². The maximum Gasteiger partial charge on any atom is 0.345 e. The highest BCUT2D eigenvalue weighted by atomic mass is 32.1. The highest BCUT2D eigenvalue weighted by Gasteiger charge is 2.10. The van der Waals surface area contributed by atoms with Crippen molar-refractivity contribution in [2.24, 2.45) is 0 Å². The molecule has 8 nitrogen and oxygen atoms in total. The largest absolute Gasteiger partial charge is 0.477 e. The molecule has 0 saturated heterocycles. The van der Waals surface area contributed by atoms with Crippen LogP contribution in [0.2, 0.25) is 0 Å². The molecular formula is C12H9N3O5S. The molecule has 0 bridgehead atoms. The molecule has 1 aromatic heterocycles. The Balaban J connectivity index is 1.97. The molecule has 21 heavy (non-hydrogen) atoms. The van der Waals surface area contributed by atoms with Gasteiger partial charge >= 0.3 is 12.0 Å². The van der Waals surface area contributed by atoms with E-state index in [9.17, 15) is 19.7 Å². The van der Waals surface area contributed by atoms with Crippen LogP contribution in [0, 0.1) is 10.1 Å². The van der Waals surface area contributed by atoms with E-state index in [1.165, 1.54) is 36.4 Å². The smallest absolute Gasteiger partial charge is 0.345 e. The molecule has 0 aliphatic rings. The second-order valence-electron chi connectivity index (χ2n) is 3.85. The van der Waals surface area contributed by atoms with Crippen LogP contribution in [0.15, 0.2) is 36.4 Å². The predicted molar refractivity (Wildman–Crippen MR) is 77.0 cm³/mol. The van der Waals surface area contributed by atoms with E-state index in [0.717, 1.165) is 11.3 Å². The van der Waals surface area contributed by atoms with E-state index in [1.54, 1.807) is 0 Å². The predicted octanol–water partition coefficient (Wildman–Crippen LogP) is 3.00. The van der Waals surface area contributed by atoms with Crippen LogP contribution in [0.3, 0.4) is 0 Å². The average molecular weight is 307 g/mol. The van der Waals surface area contributed by atoms with Gasteiger partial charge in [0.15, 0.2) is 0 Å². The Bertz CT molecular complexity index is 695. The number of anilines is 2. The van der Waals surface area contributed by atoms with Crippen LogP contribution in [0.1, 0.15) is 9.67 Å². The van der Waals surface area contributed by atoms with Gasteiger partial charge in [-0.3, -0.25) is 15.4 Å². The molecule has 0 radical (unpaired) electrons. The molecule has 3 N–H and O–H groups in total. The van der Waals surface area contributed by atoms with Crippen molar-refractivity contribution in [3.05, 3.63) is 51.4 Å². The number of rotatable bonds is 4. The summed E-state index contributed by atoms with van der Waals surface area (Å²) < 4.78 is 0. The number of benzene rings is 1. The first-order chi connectivity index (χ1) is 9.95. The van der Waals surface area contributed by atoms with E-state index in [4.69, 9.17) is 5.11 Å². The summed E-state index contributed by atoms with van der Waals surface area (Å²) >= 11 is 0.925. The molecule has 0 atom stereocenters. The fourth-order valence-corrected chi connectivity index (χ4v) is 2.20. The first-order valence-corrected chi connectivity index (χ1v) is 6.43. The monoisotopic (exact) mass is 307 g/mol. The fraction of sp³-hybridized carbons (Fsp3) is 0. The van der Waals surface area contributed by atoms with Gasteiger partial charge in [0.2, 0.25) is 0 Å². The molecular weight excluding hydrogens is 298 g/mol. The number of urea groups is 1. The minimum absolute atomic E-state index is 0.0784. The van der Waals surface area contributed by atoms with Crippen molar-refractivity contribution >= 4 is 39.7 Å². The lowest BCUT2D eigenvalue weighted by molar-refractivity contribution is -0.384. The number of nitrogens with zero attached hydrogens (tertiary/aromatic N) is 1. The average Bonchev–Trinajstić information content (AvgIpc) is 2.87. The molecule has 0 aliphatic heterocycles. The number of nitrogens with one attached hydrogen (secondary N) is 2. The van der Waals surface area contributed by atoms with Gasteiger partial charge in [-0.25, -0.2) is 9.59 Å². The first kappa shape index (κ1) is 14.5. The number of carbonyl (C=O) groups is 2. The van der Waals surface area contributed by atoms with Crippen molar-refractivity contribution < 1.29 is 19.6 Å². The van der Waals surface area contributed by atoms with Crippen LogP contribution in [-0.4, -0.2) is 22.0 Å². The van der Waals surface area contributed by atoms with Crippen molar-refractivity contribution in [2.75, 3.05) is 10.6 Å². The molecule has 2 aromatic rings. The van der Waals surface area contributed by atoms with Crippen molar-refractivity contribution in [3.8, 4) is 0 Å². The Morgan fingerprint density at radius 1 is 1.10 bits per heavy atom. The normalized spacial score (nSPS) is 9.90. The van der Waals surface area contributed by atoms with Gasteiger partial charge in [0.25, 0.3) is 5.69 Å². The van der Waals surface area contributed by atoms with Gasteiger partial charge in [0.1, 0.15) is 4.88 Å². The zero-order chi connectivity index (χ0) is 15.4. The highest BCUT2D eigenvalue weighted by Crippen LogP contribution is 2.22. The van der Waals surface area contributed by atoms with Crippen LogP contribution in [0.5, 0.6) is 0 Å². The Kier molecular flexibility index (Phi) is 4.14. The van der Waals surface area contributed by atoms with E-state index in [1.807, 2.05) is 0 Å². The Labute approximate surface area is 122 Å². The lowest BCUT2D eigenvalue weighted by atomic mass is 10.3. The molecule has 1 aromatic carbocycles. The summed E-state index contributed by atoms with van der Waals surface area (Å²) in [6.45, 7) is 0. The van der Waals surface area contributed by atoms with Crippen LogP contribution in [0.4, 0.5) is 21.2 Å². The van der Waals surface area contributed by atoms with Gasteiger partial charge < -0.3 is 10.4 Å². The van der Waals surface area contributed by atoms with Gasteiger partial charge in [-0.15, -0.1) is 11.3 Å². The summed E-state index contributed by atoms with van der Waals surface area (Å²) in [4.78, 5) is 32.5. The van der Waals surface area contributed by atoms with Gasteiger partial charge in [0.05, 0.1) is 9.92 Å². The third kappa shape index (κ3) is 3.76. The Morgan fingerprint density at radius 2 is 1.76 bits per heavy atom. The molecule has 0 unspecified atom stereocenters. The van der Waals surface area contributed by atoms with Crippen LogP contribution >= 0.6 is 11.3 Å². The van der Waals surface area contributed by atoms with Crippen molar-refractivity contribution in [2.45, 2.75) is 0 Å². The zero-order valence-corrected chi connectivity index (χ0v) is 11.2. The number of nitro groups is 1. The molecule has 0 aliphatic carbocycles. The van der Waals surface area contributed by atoms with Gasteiger partial charge in [-0.05, 0) is 24.3 Å². The Morgan fingerprint density at radius 3 is 2.29 bits per heavy atom. The molecule has 1 heterocycles. The first-order valence-electron chi connectivity index (χ1n) is 5.61. The number of thiophene rings is 1. The van der Waals surface area contributed by atoms with Crippen LogP contribution in [0.25, 0.3) is 0 Å². The minimum atomic E-state index is -1.07. The topological polar surface area (TPSA) is 122 Å². The fourth-order valence-electron chi connectivity index (χ4n) is 1.46. The second kappa shape index (κ2) is 6.01. The van der Waals surface area contributed by atoms with Crippen molar-refractivity contribution in [1.82, 2.24) is 0 Å². The molecule has 9 heteroatoms. The quantitative estimate of drug-likeness (QED) is 0.592. The van der Waals surface area contributed by atoms with Gasteiger partial charge in [-0.2, -0.15) is 0 Å². The number of hydrogen-bond donors (Lipinski definition) is 3. The maximum absolute atomic E-state index is 11.7. The van der Waals surface area contributed by atoms with E-state index < -0.39 is 16.9 Å². The third-order valence-electron chi connectivity index (χ3n) is 2.39. The lowest BCUT2D eigenvalue weighted by Crippen LogP contribution is -2.18. The molecule has 0 spiro atoms. The zero-order valence-electron chi connectivity index (χ0n) is 10.4. The molecule has 2 amide bonds. The summed E-state index contributed by atoms with van der Waals surface area (Å²) in [6.07, 6.45) is 0. The number of carbonyl (C=O) groups excluding carboxylic acids is 1. The highest BCUT2D eigenvalue weighted by molar-refractivity contribution is 7.18. The summed E-state index contributed by atoms with van der Waals surface area (Å²) in [5.41, 5.74) is 0.304. The number of nitro benzene ring substituents is 1. The molecule has 108 valence electrons. The number of aromatic carboxylic acids is 1. The molecule has 0 fully saturated rings. The van der Waals surface area contributed by atoms with Crippen molar-refractivity contribution in [1.29, 1.82) is 0 Å². The third-order valence-corrected chi connectivity index (χ3v) is 3.38.